The molecule has 0 bridgehead atoms. The first-order valence-corrected chi connectivity index (χ1v) is 9.80. The molecule has 1 heterocycles. The molecule has 0 spiro atoms. The Morgan fingerprint density at radius 1 is 1.19 bits per heavy atom. The fraction of sp³-hybridized carbons (Fsp3) is 0.267. The minimum absolute atomic E-state index is 0.107. The van der Waals surface area contributed by atoms with Crippen molar-refractivity contribution in [3.05, 3.63) is 55.7 Å². The van der Waals surface area contributed by atoms with Crippen LogP contribution in [0.1, 0.15) is 26.4 Å². The zero-order chi connectivity index (χ0) is 15.6. The molecule has 21 heavy (non-hydrogen) atoms. The summed E-state index contributed by atoms with van der Waals surface area (Å²) in [5.74, 6) is -0.926. The van der Waals surface area contributed by atoms with Crippen molar-refractivity contribution in [3.63, 3.8) is 0 Å². The molecule has 0 aliphatic carbocycles. The van der Waals surface area contributed by atoms with Crippen molar-refractivity contribution in [1.82, 2.24) is 0 Å². The van der Waals surface area contributed by atoms with E-state index < -0.39 is 15.6 Å². The molecule has 0 atom stereocenters. The predicted molar refractivity (Wildman–Crippen MR) is 89.8 cm³/mol. The van der Waals surface area contributed by atoms with Gasteiger partial charge in [-0.1, -0.05) is 29.3 Å². The lowest BCUT2D eigenvalue weighted by Gasteiger charge is -2.06. The number of carbonyl (C=O) groups is 1. The van der Waals surface area contributed by atoms with Crippen molar-refractivity contribution in [2.75, 3.05) is 5.75 Å². The SMILES string of the molecule is Cc1cc(C)cc(CS(=O)(=O)CC(=O)c2sccc2Br)c1. The molecule has 0 amide bonds. The van der Waals surface area contributed by atoms with Crippen LogP contribution in [0.3, 0.4) is 0 Å². The Hall–Kier alpha value is -0.980. The highest BCUT2D eigenvalue weighted by atomic mass is 79.9. The van der Waals surface area contributed by atoms with E-state index in [4.69, 9.17) is 0 Å². The molecule has 6 heteroatoms. The molecular formula is C15H15BrO3S2. The molecule has 3 nitrogen and oxygen atoms in total. The van der Waals surface area contributed by atoms with Crippen molar-refractivity contribution < 1.29 is 13.2 Å². The first-order chi connectivity index (χ1) is 9.77. The van der Waals surface area contributed by atoms with E-state index in [0.29, 0.717) is 9.35 Å². The van der Waals surface area contributed by atoms with E-state index in [2.05, 4.69) is 15.9 Å². The Morgan fingerprint density at radius 2 is 1.81 bits per heavy atom. The van der Waals surface area contributed by atoms with E-state index in [1.807, 2.05) is 32.0 Å². The molecule has 1 aromatic carbocycles. The average Bonchev–Trinajstić information content (AvgIpc) is 2.72. The fourth-order valence-electron chi connectivity index (χ4n) is 2.22. The van der Waals surface area contributed by atoms with Crippen LogP contribution in [0.25, 0.3) is 0 Å². The van der Waals surface area contributed by atoms with Gasteiger partial charge in [0.1, 0.15) is 5.75 Å². The van der Waals surface area contributed by atoms with Crippen LogP contribution >= 0.6 is 27.3 Å². The van der Waals surface area contributed by atoms with Crippen LogP contribution in [0.5, 0.6) is 0 Å². The van der Waals surface area contributed by atoms with Crippen LogP contribution < -0.4 is 0 Å². The zero-order valence-corrected chi connectivity index (χ0v) is 14.9. The number of thiophene rings is 1. The number of halogens is 1. The standard InChI is InChI=1S/C15H15BrO3S2/c1-10-5-11(2)7-12(6-10)8-21(18,19)9-14(17)15-13(16)3-4-20-15/h3-7H,8-9H2,1-2H3. The quantitative estimate of drug-likeness (QED) is 0.731. The molecule has 0 radical (unpaired) electrons. The first-order valence-electron chi connectivity index (χ1n) is 6.30. The van der Waals surface area contributed by atoms with E-state index in [-0.39, 0.29) is 11.5 Å². The first kappa shape index (κ1) is 16.4. The largest absolute Gasteiger partial charge is 0.292 e. The van der Waals surface area contributed by atoms with E-state index >= 15 is 0 Å². The number of aryl methyl sites for hydroxylation is 2. The Labute approximate surface area is 137 Å². The number of ketones is 1. The number of sulfone groups is 1. The van der Waals surface area contributed by atoms with Gasteiger partial charge < -0.3 is 0 Å². The maximum atomic E-state index is 12.2. The molecule has 0 N–H and O–H groups in total. The van der Waals surface area contributed by atoms with E-state index in [1.165, 1.54) is 11.3 Å². The third kappa shape index (κ3) is 4.49. The van der Waals surface area contributed by atoms with Crippen molar-refractivity contribution in [3.8, 4) is 0 Å². The second kappa shape index (κ2) is 6.42. The van der Waals surface area contributed by atoms with Gasteiger partial charge >= 0.3 is 0 Å². The second-order valence-electron chi connectivity index (χ2n) is 5.05. The minimum atomic E-state index is -3.47. The summed E-state index contributed by atoms with van der Waals surface area (Å²) in [5, 5.41) is 1.76. The number of carbonyl (C=O) groups excluding carboxylic acids is 1. The van der Waals surface area contributed by atoms with Gasteiger partial charge in [-0.05, 0) is 46.8 Å². The number of Topliss-reactive ketones (excluding diaryl/α,β-unsaturated/α-hetero) is 1. The summed E-state index contributed by atoms with van der Waals surface area (Å²) in [7, 11) is -3.47. The highest BCUT2D eigenvalue weighted by molar-refractivity contribution is 9.10. The smallest absolute Gasteiger partial charge is 0.188 e. The van der Waals surface area contributed by atoms with E-state index in [1.54, 1.807) is 11.4 Å². The highest BCUT2D eigenvalue weighted by Gasteiger charge is 2.21. The van der Waals surface area contributed by atoms with Gasteiger partial charge in [0, 0.05) is 4.47 Å². The molecule has 1 aromatic heterocycles. The summed E-state index contributed by atoms with van der Waals surface area (Å²) in [6, 6.07) is 7.42. The monoisotopic (exact) mass is 386 g/mol. The summed E-state index contributed by atoms with van der Waals surface area (Å²) in [5.41, 5.74) is 2.77. The lowest BCUT2D eigenvalue weighted by molar-refractivity contribution is 0.102. The number of hydrogen-bond acceptors (Lipinski definition) is 4. The van der Waals surface area contributed by atoms with Gasteiger partial charge in [0.25, 0.3) is 0 Å². The maximum absolute atomic E-state index is 12.2. The third-order valence-corrected chi connectivity index (χ3v) is 6.24. The topological polar surface area (TPSA) is 51.2 Å². The molecule has 0 saturated heterocycles. The molecule has 0 aliphatic rings. The molecule has 2 rings (SSSR count). The summed E-state index contributed by atoms with van der Waals surface area (Å²) < 4.78 is 25.1. The van der Waals surface area contributed by atoms with Gasteiger partial charge in [0.2, 0.25) is 0 Å². The molecular weight excluding hydrogens is 372 g/mol. The van der Waals surface area contributed by atoms with Crippen LogP contribution in [0.2, 0.25) is 0 Å². The van der Waals surface area contributed by atoms with Crippen LogP contribution in [0.4, 0.5) is 0 Å². The van der Waals surface area contributed by atoms with Gasteiger partial charge in [0.05, 0.1) is 10.6 Å². The van der Waals surface area contributed by atoms with Gasteiger partial charge in [-0.3, -0.25) is 4.79 Å². The lowest BCUT2D eigenvalue weighted by atomic mass is 10.1. The highest BCUT2D eigenvalue weighted by Crippen LogP contribution is 2.24. The predicted octanol–water partition coefficient (Wildman–Crippen LogP) is 3.93. The number of rotatable bonds is 5. The molecule has 112 valence electrons. The minimum Gasteiger partial charge on any atom is -0.292 e. The second-order valence-corrected chi connectivity index (χ2v) is 8.88. The van der Waals surface area contributed by atoms with Crippen LogP contribution in [-0.2, 0) is 15.6 Å². The van der Waals surface area contributed by atoms with E-state index in [9.17, 15) is 13.2 Å². The van der Waals surface area contributed by atoms with E-state index in [0.717, 1.165) is 16.7 Å². The van der Waals surface area contributed by atoms with Crippen molar-refractivity contribution >= 4 is 42.9 Å². The fourth-order valence-corrected chi connectivity index (χ4v) is 5.16. The molecule has 0 fully saturated rings. The lowest BCUT2D eigenvalue weighted by Crippen LogP contribution is -2.17. The van der Waals surface area contributed by atoms with Crippen molar-refractivity contribution in [2.24, 2.45) is 0 Å². The van der Waals surface area contributed by atoms with Crippen LogP contribution in [-0.4, -0.2) is 20.0 Å². The zero-order valence-electron chi connectivity index (χ0n) is 11.7. The molecule has 0 aliphatic heterocycles. The summed E-state index contributed by atoms with van der Waals surface area (Å²) in [4.78, 5) is 12.5. The molecule has 2 aromatic rings. The number of benzene rings is 1. The number of hydrogen-bond donors (Lipinski definition) is 0. The van der Waals surface area contributed by atoms with Gasteiger partial charge in [-0.2, -0.15) is 0 Å². The van der Waals surface area contributed by atoms with Gasteiger partial charge in [0.15, 0.2) is 15.6 Å². The van der Waals surface area contributed by atoms with Crippen molar-refractivity contribution in [1.29, 1.82) is 0 Å². The van der Waals surface area contributed by atoms with Crippen LogP contribution in [0, 0.1) is 13.8 Å². The van der Waals surface area contributed by atoms with Crippen LogP contribution in [0.15, 0.2) is 34.1 Å². The molecule has 0 unspecified atom stereocenters. The molecule has 0 saturated carbocycles. The normalized spacial score (nSPS) is 11.6. The Bertz CT molecular complexity index is 756. The maximum Gasteiger partial charge on any atom is 0.188 e. The summed E-state index contributed by atoms with van der Waals surface area (Å²) in [6.45, 7) is 3.86. The Morgan fingerprint density at radius 3 is 2.33 bits per heavy atom. The van der Waals surface area contributed by atoms with Gasteiger partial charge in [-0.25, -0.2) is 8.42 Å². The third-order valence-electron chi connectivity index (χ3n) is 2.89. The summed E-state index contributed by atoms with van der Waals surface area (Å²) >= 11 is 4.50. The Kier molecular flexibility index (Phi) is 5.01. The van der Waals surface area contributed by atoms with Crippen molar-refractivity contribution in [2.45, 2.75) is 19.6 Å². The summed E-state index contributed by atoms with van der Waals surface area (Å²) in [6.07, 6.45) is 0. The van der Waals surface area contributed by atoms with Gasteiger partial charge in [-0.15, -0.1) is 11.3 Å². The Balaban J connectivity index is 2.15. The average molecular weight is 387 g/mol.